The predicted octanol–water partition coefficient (Wildman–Crippen LogP) is 7.99. The van der Waals surface area contributed by atoms with Crippen LogP contribution in [0.3, 0.4) is 0 Å². The molecule has 0 spiro atoms. The molecular weight excluding hydrogens is 1250 g/mol. The zero-order valence-corrected chi connectivity index (χ0v) is 59.1. The van der Waals surface area contributed by atoms with Crippen LogP contribution in [0.4, 0.5) is 0 Å². The van der Waals surface area contributed by atoms with Gasteiger partial charge in [-0.2, -0.15) is 0 Å². The van der Waals surface area contributed by atoms with E-state index in [9.17, 15) is 73.8 Å². The number of carboxylic acid groups (broad SMARTS) is 3. The maximum Gasteiger partial charge on any atom is 0.338 e. The molecule has 0 unspecified atom stereocenters. The van der Waals surface area contributed by atoms with Gasteiger partial charge in [-0.05, 0) is 112 Å². The van der Waals surface area contributed by atoms with Crippen LogP contribution in [0.15, 0.2) is 71.4 Å². The minimum atomic E-state index is -1.70. The molecule has 0 amide bonds. The van der Waals surface area contributed by atoms with Gasteiger partial charge in [0.25, 0.3) is 0 Å². The van der Waals surface area contributed by atoms with Gasteiger partial charge >= 0.3 is 35.8 Å². The SMILES string of the molecule is CO[C@@H](CC(=O)O)[C@@H](C)C(=O)[C@H](C)/C=C(\C)[C@H]1OC(=O)[C@H](O)[C@H](O)/C=C/[C@H](C)CCC[C@@H]1C.CO[C@H](CC(=O)O)CC(=O)[C@H](C)/C=C(\C)[C@@H]1CCCC[C@@H](C)/C=C/[C@@H](O)[C@@H](O)C(=O)O1.CO[C@H](CC(=O)O)CC(=O)[C@H](C)/C=C(\C)[C@H]1OC(=O)[C@H](O)[C@H](O)/C=C/[C@H](C)CCC[C@@H]1C. The third kappa shape index (κ3) is 33.0. The number of aliphatic hydroxyl groups is 6. The van der Waals surface area contributed by atoms with E-state index in [0.29, 0.717) is 23.1 Å². The number of carbonyl (C=O) groups excluding carboxylic acids is 6. The Morgan fingerprint density at radius 2 is 0.781 bits per heavy atom. The average molecular weight is 1360 g/mol. The maximum absolute atomic E-state index is 12.9. The summed E-state index contributed by atoms with van der Waals surface area (Å²) >= 11 is 0. The number of carboxylic acids is 3. The van der Waals surface area contributed by atoms with Crippen molar-refractivity contribution in [1.29, 1.82) is 0 Å². The Balaban J connectivity index is 0.000000720. The van der Waals surface area contributed by atoms with Gasteiger partial charge in [0.05, 0.1) is 37.6 Å². The molecule has 24 nitrogen and oxygen atoms in total. The summed E-state index contributed by atoms with van der Waals surface area (Å²) in [5.41, 5.74) is 2.00. The monoisotopic (exact) mass is 1360 g/mol. The number of carbonyl (C=O) groups is 9. The van der Waals surface area contributed by atoms with Crippen LogP contribution in [0.1, 0.15) is 179 Å². The summed E-state index contributed by atoms with van der Waals surface area (Å²) in [5.74, 6) is -8.17. The molecule has 3 aliphatic heterocycles. The number of esters is 3. The van der Waals surface area contributed by atoms with E-state index < -0.39 is 133 Å². The zero-order chi connectivity index (χ0) is 73.3. The summed E-state index contributed by atoms with van der Waals surface area (Å²) in [7, 11) is 4.12. The maximum atomic E-state index is 12.9. The van der Waals surface area contributed by atoms with Crippen molar-refractivity contribution in [2.45, 2.75) is 253 Å². The van der Waals surface area contributed by atoms with Crippen LogP contribution in [0.25, 0.3) is 0 Å². The second-order valence-electron chi connectivity index (χ2n) is 26.5. The van der Waals surface area contributed by atoms with E-state index >= 15 is 0 Å². The molecule has 96 heavy (non-hydrogen) atoms. The third-order valence-electron chi connectivity index (χ3n) is 17.8. The number of ether oxygens (including phenoxy) is 6. The molecule has 0 aromatic rings. The van der Waals surface area contributed by atoms with Gasteiger partial charge in [0.2, 0.25) is 0 Å². The zero-order valence-electron chi connectivity index (χ0n) is 59.1. The fraction of sp³-hybridized carbons (Fsp3) is 0.708. The van der Waals surface area contributed by atoms with Crippen LogP contribution in [0, 0.1) is 53.3 Å². The lowest BCUT2D eigenvalue weighted by Crippen LogP contribution is -2.39. The number of hydrogen-bond donors (Lipinski definition) is 9. The first-order valence-electron chi connectivity index (χ1n) is 33.5. The van der Waals surface area contributed by atoms with Gasteiger partial charge in [-0.15, -0.1) is 0 Å². The minimum absolute atomic E-state index is 0.0344. The van der Waals surface area contributed by atoms with Gasteiger partial charge in [-0.1, -0.05) is 136 Å². The molecule has 0 fully saturated rings. The Morgan fingerprint density at radius 3 is 1.14 bits per heavy atom. The molecule has 546 valence electrons. The average Bonchev–Trinajstić information content (AvgIpc) is 0.919. The molecule has 24 heteroatoms. The van der Waals surface area contributed by atoms with Crippen molar-refractivity contribution in [3.05, 3.63) is 71.4 Å². The van der Waals surface area contributed by atoms with E-state index in [-0.39, 0.29) is 79.0 Å². The first-order chi connectivity index (χ1) is 44.9. The number of aliphatic hydroxyl groups excluding tert-OH is 6. The number of Topliss-reactive ketones (excluding diaryl/α,β-unsaturated/α-hetero) is 3. The largest absolute Gasteiger partial charge is 0.481 e. The highest BCUT2D eigenvalue weighted by atomic mass is 16.6. The van der Waals surface area contributed by atoms with Crippen LogP contribution < -0.4 is 0 Å². The molecule has 0 aliphatic carbocycles. The summed E-state index contributed by atoms with van der Waals surface area (Å²) in [6.45, 7) is 22.0. The van der Waals surface area contributed by atoms with Crippen molar-refractivity contribution >= 4 is 53.2 Å². The highest BCUT2D eigenvalue weighted by Gasteiger charge is 2.35. The fourth-order valence-electron chi connectivity index (χ4n) is 11.5. The van der Waals surface area contributed by atoms with Crippen LogP contribution in [0.2, 0.25) is 0 Å². The molecule has 0 saturated carbocycles. The van der Waals surface area contributed by atoms with Crippen LogP contribution in [-0.4, -0.2) is 194 Å². The molecular formula is C72H114O24. The number of allylic oxidation sites excluding steroid dienone is 6. The summed E-state index contributed by atoms with van der Waals surface area (Å²) in [5, 5.41) is 87.5. The topological polar surface area (TPSA) is 391 Å². The molecule has 3 heterocycles. The lowest BCUT2D eigenvalue weighted by molar-refractivity contribution is -0.164. The second-order valence-corrected chi connectivity index (χ2v) is 26.5. The molecule has 0 aromatic carbocycles. The molecule has 0 bridgehead atoms. The Morgan fingerprint density at radius 1 is 0.448 bits per heavy atom. The van der Waals surface area contributed by atoms with E-state index in [1.165, 1.54) is 39.6 Å². The fourth-order valence-corrected chi connectivity index (χ4v) is 11.5. The smallest absolute Gasteiger partial charge is 0.338 e. The highest BCUT2D eigenvalue weighted by Crippen LogP contribution is 2.30. The number of ketones is 3. The number of methoxy groups -OCH3 is 3. The lowest BCUT2D eigenvalue weighted by Gasteiger charge is -2.28. The van der Waals surface area contributed by atoms with Crippen molar-refractivity contribution in [3.63, 3.8) is 0 Å². The summed E-state index contributed by atoms with van der Waals surface area (Å²) in [4.78, 5) is 108. The molecule has 3 rings (SSSR count). The standard InChI is InChI=1S/C25H40O8.C24H38O8.C23H36O8/c1-14-8-7-9-15(2)24(33-25(31)23(30)19(26)11-10-14)17(4)12-16(3)22(29)18(5)20(32-6)13-21(27)28;1-14-7-6-8-15(2)23(32-24(30)22(29)19(25)10-9-14)17(4)11-16(3)20(26)12-18(31-5)13-21(27)28;1-14-7-5-6-8-20(31-23(29)22(28)18(24)10-9-14)16(3)11-15(2)19(25)12-17(30-4)13-21(26)27/h10-12,14-16,18-20,23-24,26,30H,7-9,13H2,1-6H3,(H,27,28);9-11,14-16,18-19,22-23,25,29H,6-8,12-13H2,1-5H3,(H,27,28);9-11,14-15,17-18,20,22,24,28H,5-8,12-13H2,1-4H3,(H,26,27)/b11-10+,17-12+;10-9+,17-11+;10-9+,16-11+/t14-,15+,16-,18-,19-,20+,23-,24+;14-,15+,16-,18+,19-,22-,23+;14-,15-,17+,18-,20+,22-/m111/s1. The summed E-state index contributed by atoms with van der Waals surface area (Å²) < 4.78 is 32.0. The number of rotatable bonds is 24. The van der Waals surface area contributed by atoms with Gasteiger partial charge in [0.1, 0.15) is 54.0 Å². The van der Waals surface area contributed by atoms with Gasteiger partial charge in [-0.25, -0.2) is 14.4 Å². The Bertz CT molecular complexity index is 2660. The second kappa shape index (κ2) is 45.5. The number of aliphatic carboxylic acids is 3. The van der Waals surface area contributed by atoms with Gasteiger partial charge < -0.3 is 74.4 Å². The molecule has 0 radical (unpaired) electrons. The van der Waals surface area contributed by atoms with Gasteiger partial charge in [0.15, 0.2) is 18.3 Å². The van der Waals surface area contributed by atoms with E-state index in [2.05, 4.69) is 0 Å². The van der Waals surface area contributed by atoms with Crippen LogP contribution >= 0.6 is 0 Å². The van der Waals surface area contributed by atoms with Crippen molar-refractivity contribution in [2.75, 3.05) is 21.3 Å². The molecule has 9 N–H and O–H groups in total. The molecule has 0 aromatic heterocycles. The van der Waals surface area contributed by atoms with Gasteiger partial charge in [0, 0.05) is 57.8 Å². The summed E-state index contributed by atoms with van der Waals surface area (Å²) in [6, 6.07) is 0. The van der Waals surface area contributed by atoms with Crippen molar-refractivity contribution in [3.8, 4) is 0 Å². The normalized spacial score (nSPS) is 30.5. The lowest BCUT2D eigenvalue weighted by atomic mass is 9.86. The van der Waals surface area contributed by atoms with E-state index in [4.69, 9.17) is 43.7 Å². The predicted molar refractivity (Wildman–Crippen MR) is 356 cm³/mol. The highest BCUT2D eigenvalue weighted by molar-refractivity contribution is 5.86. The van der Waals surface area contributed by atoms with Crippen molar-refractivity contribution in [2.24, 2.45) is 53.3 Å². The molecule has 21 atom stereocenters. The first-order valence-corrected chi connectivity index (χ1v) is 33.5. The molecule has 0 saturated heterocycles. The van der Waals surface area contributed by atoms with E-state index in [0.717, 1.165) is 57.8 Å². The van der Waals surface area contributed by atoms with Gasteiger partial charge in [-0.3, -0.25) is 28.8 Å². The number of cyclic esters (lactones) is 3. The Hall–Kier alpha value is -6.09. The third-order valence-corrected chi connectivity index (χ3v) is 17.8. The Kier molecular flexibility index (Phi) is 41.7. The Labute approximate surface area is 567 Å². The molecule has 3 aliphatic rings. The quantitative estimate of drug-likeness (QED) is 0.0251. The van der Waals surface area contributed by atoms with Crippen LogP contribution in [0.5, 0.6) is 0 Å². The van der Waals surface area contributed by atoms with E-state index in [1.54, 1.807) is 84.9 Å². The first kappa shape index (κ1) is 87.9. The summed E-state index contributed by atoms with van der Waals surface area (Å²) in [6.07, 6.45) is 8.93. The minimum Gasteiger partial charge on any atom is -0.481 e. The van der Waals surface area contributed by atoms with Crippen LogP contribution in [-0.2, 0) is 71.6 Å². The van der Waals surface area contributed by atoms with E-state index in [1.807, 2.05) is 34.6 Å². The van der Waals surface area contributed by atoms with Crippen molar-refractivity contribution < 1.29 is 118 Å². The number of hydrogen-bond acceptors (Lipinski definition) is 21. The van der Waals surface area contributed by atoms with Crippen molar-refractivity contribution in [1.82, 2.24) is 0 Å².